The van der Waals surface area contributed by atoms with Gasteiger partial charge >= 0.3 is 0 Å². The average molecular weight is 325 g/mol. The summed E-state index contributed by atoms with van der Waals surface area (Å²) >= 11 is 1.55. The maximum atomic E-state index is 12.0. The third kappa shape index (κ3) is 3.73. The Morgan fingerprint density at radius 1 is 1.30 bits per heavy atom. The van der Waals surface area contributed by atoms with Crippen LogP contribution in [0.25, 0.3) is 10.9 Å². The summed E-state index contributed by atoms with van der Waals surface area (Å²) in [4.78, 5) is 17.3. The van der Waals surface area contributed by atoms with Crippen molar-refractivity contribution in [3.8, 4) is 5.75 Å². The molecule has 0 saturated carbocycles. The second kappa shape index (κ2) is 7.02. The molecule has 0 aliphatic rings. The van der Waals surface area contributed by atoms with E-state index in [2.05, 4.69) is 15.5 Å². The number of carbonyl (C=O) groups is 1. The fourth-order valence-electron chi connectivity index (χ4n) is 2.03. The largest absolute Gasteiger partial charge is 0.479 e. The molecule has 0 fully saturated rings. The fraction of sp³-hybridized carbons (Fsp3) is 0.118. The van der Waals surface area contributed by atoms with Crippen molar-refractivity contribution in [3.05, 3.63) is 58.9 Å². The van der Waals surface area contributed by atoms with Crippen molar-refractivity contribution < 1.29 is 9.53 Å². The summed E-state index contributed by atoms with van der Waals surface area (Å²) in [5.41, 5.74) is 3.21. The number of nitrogens with zero attached hydrogens (tertiary/aromatic N) is 2. The standard InChI is InChI=1S/C17H15N3O2S/c1-12(17(21)20-19-11-14-7-4-10-23-14)22-15-8-2-5-13-6-3-9-18-16(13)15/h2-12H,1H3,(H,20,21)/b19-11-/t12-/m1/s1. The second-order valence-electron chi connectivity index (χ2n) is 4.84. The SMILES string of the molecule is C[C@@H](Oc1cccc2cccnc12)C(=O)N/N=C\c1cccs1. The number of amides is 1. The van der Waals surface area contributed by atoms with Gasteiger partial charge in [-0.2, -0.15) is 5.10 Å². The minimum atomic E-state index is -0.678. The van der Waals surface area contributed by atoms with Crippen LogP contribution in [0.15, 0.2) is 59.1 Å². The van der Waals surface area contributed by atoms with E-state index in [9.17, 15) is 4.79 Å². The zero-order valence-corrected chi connectivity index (χ0v) is 13.3. The first-order valence-corrected chi connectivity index (χ1v) is 7.99. The Kier molecular flexibility index (Phi) is 4.63. The summed E-state index contributed by atoms with van der Waals surface area (Å²) < 4.78 is 5.73. The molecule has 2 heterocycles. The molecule has 23 heavy (non-hydrogen) atoms. The topological polar surface area (TPSA) is 63.6 Å². The summed E-state index contributed by atoms with van der Waals surface area (Å²) in [6.07, 6.45) is 2.63. The number of hydrazone groups is 1. The third-order valence-corrected chi connectivity index (χ3v) is 3.99. The predicted molar refractivity (Wildman–Crippen MR) is 91.9 cm³/mol. The minimum absolute atomic E-state index is 0.314. The number of para-hydroxylation sites is 1. The highest BCUT2D eigenvalue weighted by molar-refractivity contribution is 7.11. The zero-order chi connectivity index (χ0) is 16.1. The molecule has 6 heteroatoms. The lowest BCUT2D eigenvalue weighted by Crippen LogP contribution is -2.33. The summed E-state index contributed by atoms with van der Waals surface area (Å²) in [5.74, 6) is 0.263. The van der Waals surface area contributed by atoms with E-state index in [1.165, 1.54) is 0 Å². The number of ether oxygens (including phenoxy) is 1. The molecule has 0 radical (unpaired) electrons. The number of carbonyl (C=O) groups excluding carboxylic acids is 1. The Morgan fingerprint density at radius 2 is 2.17 bits per heavy atom. The lowest BCUT2D eigenvalue weighted by Gasteiger charge is -2.14. The maximum Gasteiger partial charge on any atom is 0.280 e. The lowest BCUT2D eigenvalue weighted by molar-refractivity contribution is -0.127. The van der Waals surface area contributed by atoms with Crippen molar-refractivity contribution >= 4 is 34.4 Å². The summed E-state index contributed by atoms with van der Waals surface area (Å²) in [6.45, 7) is 1.68. The van der Waals surface area contributed by atoms with Crippen molar-refractivity contribution in [1.82, 2.24) is 10.4 Å². The molecule has 116 valence electrons. The van der Waals surface area contributed by atoms with E-state index in [0.717, 1.165) is 15.8 Å². The van der Waals surface area contributed by atoms with Crippen molar-refractivity contribution in [2.24, 2.45) is 5.10 Å². The zero-order valence-electron chi connectivity index (χ0n) is 12.5. The van der Waals surface area contributed by atoms with Crippen LogP contribution in [0.2, 0.25) is 0 Å². The number of benzene rings is 1. The van der Waals surface area contributed by atoms with Gasteiger partial charge in [0.25, 0.3) is 5.91 Å². The van der Waals surface area contributed by atoms with Crippen LogP contribution in [-0.2, 0) is 4.79 Å². The van der Waals surface area contributed by atoms with Crippen LogP contribution in [0, 0.1) is 0 Å². The number of fused-ring (bicyclic) bond motifs is 1. The number of pyridine rings is 1. The summed E-state index contributed by atoms with van der Waals surface area (Å²) in [5, 5.41) is 6.84. The van der Waals surface area contributed by atoms with Crippen LogP contribution in [0.5, 0.6) is 5.75 Å². The quantitative estimate of drug-likeness (QED) is 0.579. The van der Waals surface area contributed by atoms with Crippen molar-refractivity contribution in [1.29, 1.82) is 0 Å². The van der Waals surface area contributed by atoms with Gasteiger partial charge in [0.15, 0.2) is 6.10 Å². The molecule has 1 atom stereocenters. The van der Waals surface area contributed by atoms with Gasteiger partial charge in [0.05, 0.1) is 6.21 Å². The highest BCUT2D eigenvalue weighted by atomic mass is 32.1. The van der Waals surface area contributed by atoms with Gasteiger partial charge in [-0.15, -0.1) is 11.3 Å². The Labute approximate surface area is 137 Å². The second-order valence-corrected chi connectivity index (χ2v) is 5.82. The highest BCUT2D eigenvalue weighted by Crippen LogP contribution is 2.23. The number of rotatable bonds is 5. The van der Waals surface area contributed by atoms with Crippen molar-refractivity contribution in [2.45, 2.75) is 13.0 Å². The molecule has 3 rings (SSSR count). The first-order chi connectivity index (χ1) is 11.2. The van der Waals surface area contributed by atoms with Gasteiger partial charge in [0, 0.05) is 16.5 Å². The molecule has 0 unspecified atom stereocenters. The van der Waals surface area contributed by atoms with Crippen LogP contribution in [0.1, 0.15) is 11.8 Å². The molecule has 1 N–H and O–H groups in total. The maximum absolute atomic E-state index is 12.0. The van der Waals surface area contributed by atoms with Crippen LogP contribution < -0.4 is 10.2 Å². The van der Waals surface area contributed by atoms with E-state index in [-0.39, 0.29) is 5.91 Å². The number of nitrogens with one attached hydrogen (secondary N) is 1. The average Bonchev–Trinajstić information content (AvgIpc) is 3.08. The molecule has 5 nitrogen and oxygen atoms in total. The number of thiophene rings is 1. The van der Waals surface area contributed by atoms with Gasteiger partial charge in [-0.25, -0.2) is 5.43 Å². The predicted octanol–water partition coefficient (Wildman–Crippen LogP) is 3.21. The minimum Gasteiger partial charge on any atom is -0.479 e. The van der Waals surface area contributed by atoms with Crippen LogP contribution in [0.3, 0.4) is 0 Å². The summed E-state index contributed by atoms with van der Waals surface area (Å²) in [7, 11) is 0. The van der Waals surface area contributed by atoms with E-state index in [0.29, 0.717) is 5.75 Å². The molecule has 0 aliphatic carbocycles. The number of hydrogen-bond donors (Lipinski definition) is 1. The molecule has 0 spiro atoms. The van der Waals surface area contributed by atoms with Crippen LogP contribution in [-0.4, -0.2) is 23.2 Å². The smallest absolute Gasteiger partial charge is 0.280 e. The molecule has 2 aromatic heterocycles. The van der Waals surface area contributed by atoms with E-state index < -0.39 is 6.10 Å². The Morgan fingerprint density at radius 3 is 3.00 bits per heavy atom. The van der Waals surface area contributed by atoms with E-state index >= 15 is 0 Å². The van der Waals surface area contributed by atoms with Gasteiger partial charge in [-0.3, -0.25) is 9.78 Å². The van der Waals surface area contributed by atoms with Crippen molar-refractivity contribution in [3.63, 3.8) is 0 Å². The molecular formula is C17H15N3O2S. The first-order valence-electron chi connectivity index (χ1n) is 7.11. The van der Waals surface area contributed by atoms with Gasteiger partial charge in [-0.05, 0) is 30.5 Å². The van der Waals surface area contributed by atoms with Crippen LogP contribution >= 0.6 is 11.3 Å². The van der Waals surface area contributed by atoms with Gasteiger partial charge in [0.1, 0.15) is 11.3 Å². The molecular weight excluding hydrogens is 310 g/mol. The molecule has 0 saturated heterocycles. The summed E-state index contributed by atoms with van der Waals surface area (Å²) in [6, 6.07) is 13.3. The Hall–Kier alpha value is -2.73. The van der Waals surface area contributed by atoms with E-state index in [1.807, 2.05) is 41.8 Å². The molecule has 3 aromatic rings. The highest BCUT2D eigenvalue weighted by Gasteiger charge is 2.15. The molecule has 1 aromatic carbocycles. The lowest BCUT2D eigenvalue weighted by atomic mass is 10.2. The molecule has 0 bridgehead atoms. The van der Waals surface area contributed by atoms with E-state index in [1.54, 1.807) is 36.7 Å². The monoisotopic (exact) mass is 325 g/mol. The Bertz CT molecular complexity index is 825. The van der Waals surface area contributed by atoms with E-state index in [4.69, 9.17) is 4.74 Å². The van der Waals surface area contributed by atoms with Gasteiger partial charge < -0.3 is 4.74 Å². The molecule has 1 amide bonds. The van der Waals surface area contributed by atoms with Gasteiger partial charge in [0.2, 0.25) is 0 Å². The fourth-order valence-corrected chi connectivity index (χ4v) is 2.62. The number of aromatic nitrogens is 1. The van der Waals surface area contributed by atoms with Crippen LogP contribution in [0.4, 0.5) is 0 Å². The van der Waals surface area contributed by atoms with Crippen molar-refractivity contribution in [2.75, 3.05) is 0 Å². The number of hydrogen-bond acceptors (Lipinski definition) is 5. The first kappa shape index (κ1) is 15.2. The normalized spacial score (nSPS) is 12.4. The third-order valence-electron chi connectivity index (χ3n) is 3.18. The Balaban J connectivity index is 1.65. The van der Waals surface area contributed by atoms with Gasteiger partial charge in [-0.1, -0.05) is 24.3 Å². The molecule has 0 aliphatic heterocycles.